The van der Waals surface area contributed by atoms with E-state index in [0.29, 0.717) is 5.82 Å². The van der Waals surface area contributed by atoms with Crippen LogP contribution < -0.4 is 10.5 Å². The van der Waals surface area contributed by atoms with Crippen LogP contribution in [0.2, 0.25) is 0 Å². The largest absolute Gasteiger partial charge is 0.497 e. The van der Waals surface area contributed by atoms with Crippen molar-refractivity contribution in [2.75, 3.05) is 12.8 Å². The maximum atomic E-state index is 5.65. The van der Waals surface area contributed by atoms with Gasteiger partial charge in [0.1, 0.15) is 5.75 Å². The predicted octanol–water partition coefficient (Wildman–Crippen LogP) is 2.23. The van der Waals surface area contributed by atoms with Crippen molar-refractivity contribution in [2.24, 2.45) is 0 Å². The Morgan fingerprint density at radius 3 is 2.57 bits per heavy atom. The lowest BCUT2D eigenvalue weighted by Gasteiger charge is -2.07. The number of aryl methyl sites for hydroxylation is 1. The molecule has 0 amide bonds. The summed E-state index contributed by atoms with van der Waals surface area (Å²) in [5, 5.41) is 4.48. The number of hydrogen-bond acceptors (Lipinski definition) is 5. The van der Waals surface area contributed by atoms with Gasteiger partial charge < -0.3 is 10.5 Å². The average Bonchev–Trinajstić information content (AvgIpc) is 2.89. The zero-order valence-electron chi connectivity index (χ0n) is 11.8. The normalized spacial score (nSPS) is 10.6. The van der Waals surface area contributed by atoms with Gasteiger partial charge in [0.05, 0.1) is 18.5 Å². The Morgan fingerprint density at radius 2 is 1.90 bits per heavy atom. The van der Waals surface area contributed by atoms with Crippen LogP contribution in [0.15, 0.2) is 42.6 Å². The molecule has 0 saturated heterocycles. The second kappa shape index (κ2) is 5.24. The molecule has 2 aromatic heterocycles. The van der Waals surface area contributed by atoms with Gasteiger partial charge in [0.2, 0.25) is 5.95 Å². The summed E-state index contributed by atoms with van der Waals surface area (Å²) in [4.78, 5) is 8.13. The molecule has 3 rings (SSSR count). The Balaban J connectivity index is 2.10. The molecule has 0 saturated carbocycles. The van der Waals surface area contributed by atoms with E-state index in [1.165, 1.54) is 0 Å². The van der Waals surface area contributed by atoms with Crippen LogP contribution in [0, 0.1) is 6.92 Å². The van der Waals surface area contributed by atoms with E-state index >= 15 is 0 Å². The van der Waals surface area contributed by atoms with E-state index in [1.54, 1.807) is 24.1 Å². The van der Waals surface area contributed by atoms with E-state index < -0.39 is 0 Å². The van der Waals surface area contributed by atoms with E-state index in [0.717, 1.165) is 22.7 Å². The van der Waals surface area contributed by atoms with Crippen molar-refractivity contribution in [1.82, 2.24) is 19.7 Å². The summed E-state index contributed by atoms with van der Waals surface area (Å²) >= 11 is 0. The molecule has 0 fully saturated rings. The predicted molar refractivity (Wildman–Crippen MR) is 80.3 cm³/mol. The Kier molecular flexibility index (Phi) is 3.27. The monoisotopic (exact) mass is 281 g/mol. The number of methoxy groups -OCH3 is 1. The molecule has 0 aliphatic heterocycles. The topological polar surface area (TPSA) is 78.8 Å². The summed E-state index contributed by atoms with van der Waals surface area (Å²) in [5.41, 5.74) is 8.51. The molecule has 2 N–H and O–H groups in total. The molecule has 3 aromatic rings. The number of benzene rings is 1. The average molecular weight is 281 g/mol. The van der Waals surface area contributed by atoms with Crippen LogP contribution in [0.1, 0.15) is 5.69 Å². The van der Waals surface area contributed by atoms with Crippen LogP contribution in [-0.2, 0) is 0 Å². The van der Waals surface area contributed by atoms with Gasteiger partial charge in [-0.3, -0.25) is 0 Å². The number of hydrogen-bond donors (Lipinski definition) is 1. The van der Waals surface area contributed by atoms with Crippen LogP contribution in [0.5, 0.6) is 5.75 Å². The minimum atomic E-state index is 0.223. The molecule has 0 aliphatic rings. The molecule has 0 unspecified atom stereocenters. The number of nitrogens with two attached hydrogens (primary N) is 1. The quantitative estimate of drug-likeness (QED) is 0.796. The summed E-state index contributed by atoms with van der Waals surface area (Å²) in [6.45, 7) is 1.94. The number of ether oxygens (including phenoxy) is 1. The molecule has 0 aliphatic carbocycles. The summed E-state index contributed by atoms with van der Waals surface area (Å²) in [5.74, 6) is 1.68. The third-order valence-corrected chi connectivity index (χ3v) is 3.09. The fourth-order valence-electron chi connectivity index (χ4n) is 2.12. The molecule has 0 atom stereocenters. The second-order valence-corrected chi connectivity index (χ2v) is 4.58. The Bertz CT molecular complexity index is 764. The molecule has 6 nitrogen and oxygen atoms in total. The fourth-order valence-corrected chi connectivity index (χ4v) is 2.12. The standard InChI is InChI=1S/C15H15N5O/c1-10-9-13(11-3-5-12(21-2)6-4-11)20(19-10)14-7-8-17-15(16)18-14/h3-9H,1-2H3,(H2,16,17,18). The van der Waals surface area contributed by atoms with Crippen LogP contribution in [0.3, 0.4) is 0 Å². The van der Waals surface area contributed by atoms with E-state index in [-0.39, 0.29) is 5.95 Å². The van der Waals surface area contributed by atoms with Gasteiger partial charge in [-0.15, -0.1) is 0 Å². The first-order chi connectivity index (χ1) is 10.2. The maximum absolute atomic E-state index is 5.65. The summed E-state index contributed by atoms with van der Waals surface area (Å²) in [6, 6.07) is 11.6. The van der Waals surface area contributed by atoms with Crippen LogP contribution in [-0.4, -0.2) is 26.9 Å². The van der Waals surface area contributed by atoms with Gasteiger partial charge in [0.15, 0.2) is 5.82 Å². The van der Waals surface area contributed by atoms with Gasteiger partial charge in [-0.1, -0.05) is 0 Å². The van der Waals surface area contributed by atoms with Crippen molar-refractivity contribution < 1.29 is 4.74 Å². The molecule has 0 spiro atoms. The third kappa shape index (κ3) is 2.55. The van der Waals surface area contributed by atoms with Crippen LogP contribution in [0.4, 0.5) is 5.95 Å². The number of aromatic nitrogens is 4. The second-order valence-electron chi connectivity index (χ2n) is 4.58. The molecule has 21 heavy (non-hydrogen) atoms. The number of nitrogen functional groups attached to an aromatic ring is 1. The molecule has 2 heterocycles. The van der Waals surface area contributed by atoms with Crippen molar-refractivity contribution >= 4 is 5.95 Å². The number of nitrogens with zero attached hydrogens (tertiary/aromatic N) is 4. The first kappa shape index (κ1) is 13.1. The van der Waals surface area contributed by atoms with E-state index in [1.807, 2.05) is 37.3 Å². The fraction of sp³-hybridized carbons (Fsp3) is 0.133. The lowest BCUT2D eigenvalue weighted by Crippen LogP contribution is -2.05. The van der Waals surface area contributed by atoms with Gasteiger partial charge in [0.25, 0.3) is 0 Å². The molecule has 106 valence electrons. The van der Waals surface area contributed by atoms with Gasteiger partial charge >= 0.3 is 0 Å². The van der Waals surface area contributed by atoms with E-state index in [9.17, 15) is 0 Å². The van der Waals surface area contributed by atoms with Crippen LogP contribution >= 0.6 is 0 Å². The molecular formula is C15H15N5O. The first-order valence-electron chi connectivity index (χ1n) is 6.47. The highest BCUT2D eigenvalue weighted by Crippen LogP contribution is 2.25. The highest BCUT2D eigenvalue weighted by molar-refractivity contribution is 5.63. The Morgan fingerprint density at radius 1 is 1.14 bits per heavy atom. The maximum Gasteiger partial charge on any atom is 0.221 e. The minimum absolute atomic E-state index is 0.223. The lowest BCUT2D eigenvalue weighted by atomic mass is 10.1. The SMILES string of the molecule is COc1ccc(-c2cc(C)nn2-c2ccnc(N)n2)cc1. The minimum Gasteiger partial charge on any atom is -0.497 e. The van der Waals surface area contributed by atoms with Gasteiger partial charge in [0, 0.05) is 17.8 Å². The Hall–Kier alpha value is -2.89. The molecule has 0 bridgehead atoms. The third-order valence-electron chi connectivity index (χ3n) is 3.09. The van der Waals surface area contributed by atoms with Gasteiger partial charge in [-0.2, -0.15) is 10.1 Å². The molecular weight excluding hydrogens is 266 g/mol. The Labute approximate surface area is 122 Å². The summed E-state index contributed by atoms with van der Waals surface area (Å²) in [6.07, 6.45) is 1.62. The highest BCUT2D eigenvalue weighted by Gasteiger charge is 2.11. The number of anilines is 1. The highest BCUT2D eigenvalue weighted by atomic mass is 16.5. The molecule has 1 aromatic carbocycles. The van der Waals surface area contributed by atoms with E-state index in [4.69, 9.17) is 10.5 Å². The molecule has 0 radical (unpaired) electrons. The van der Waals surface area contributed by atoms with Gasteiger partial charge in [-0.05, 0) is 37.3 Å². The lowest BCUT2D eigenvalue weighted by molar-refractivity contribution is 0.415. The van der Waals surface area contributed by atoms with Crippen molar-refractivity contribution in [3.63, 3.8) is 0 Å². The zero-order valence-corrected chi connectivity index (χ0v) is 11.8. The summed E-state index contributed by atoms with van der Waals surface area (Å²) < 4.78 is 6.94. The first-order valence-corrected chi connectivity index (χ1v) is 6.47. The van der Waals surface area contributed by atoms with Crippen molar-refractivity contribution in [2.45, 2.75) is 6.92 Å². The van der Waals surface area contributed by atoms with Gasteiger partial charge in [-0.25, -0.2) is 9.67 Å². The van der Waals surface area contributed by atoms with Crippen LogP contribution in [0.25, 0.3) is 17.1 Å². The summed E-state index contributed by atoms with van der Waals surface area (Å²) in [7, 11) is 1.65. The molecule has 6 heteroatoms. The van der Waals surface area contributed by atoms with Crippen molar-refractivity contribution in [3.8, 4) is 22.8 Å². The van der Waals surface area contributed by atoms with Crippen molar-refractivity contribution in [3.05, 3.63) is 48.3 Å². The number of rotatable bonds is 3. The zero-order chi connectivity index (χ0) is 14.8. The van der Waals surface area contributed by atoms with E-state index in [2.05, 4.69) is 15.1 Å². The van der Waals surface area contributed by atoms with Crippen molar-refractivity contribution in [1.29, 1.82) is 0 Å². The smallest absolute Gasteiger partial charge is 0.221 e.